The first kappa shape index (κ1) is 18.3. The highest BCUT2D eigenvalue weighted by atomic mass is 35.5. The average Bonchev–Trinajstić information content (AvgIpc) is 2.86. The standard InChI is InChI=1S/C12H19N3O3S2.ClH/c1-3-9-8-14-11(19-9)15-10(16)12(20(2,17)18)4-6-13-7-5-12;/h8,13H,3-7H2,1-2H3,(H,14,15,16);1H. The van der Waals surface area contributed by atoms with Gasteiger partial charge in [-0.05, 0) is 32.4 Å². The summed E-state index contributed by atoms with van der Waals surface area (Å²) in [5, 5.41) is 6.23. The first-order valence-corrected chi connectivity index (χ1v) is 9.26. The van der Waals surface area contributed by atoms with E-state index in [9.17, 15) is 13.2 Å². The fraction of sp³-hybridized carbons (Fsp3) is 0.667. The molecule has 2 N–H and O–H groups in total. The van der Waals surface area contributed by atoms with Crippen LogP contribution in [0.1, 0.15) is 24.6 Å². The molecule has 2 rings (SSSR count). The topological polar surface area (TPSA) is 88.2 Å². The largest absolute Gasteiger partial charge is 0.317 e. The number of hydrogen-bond donors (Lipinski definition) is 2. The summed E-state index contributed by atoms with van der Waals surface area (Å²) in [6.45, 7) is 3.06. The van der Waals surface area contributed by atoms with Crippen LogP contribution in [0.5, 0.6) is 0 Å². The molecule has 0 unspecified atom stereocenters. The maximum Gasteiger partial charge on any atom is 0.247 e. The second kappa shape index (κ2) is 7.04. The molecule has 0 aliphatic carbocycles. The molecule has 1 saturated heterocycles. The number of amides is 1. The molecule has 0 atom stereocenters. The van der Waals surface area contributed by atoms with Gasteiger partial charge in [-0.1, -0.05) is 6.92 Å². The third-order valence-corrected chi connectivity index (χ3v) is 6.73. The van der Waals surface area contributed by atoms with Crippen molar-refractivity contribution in [2.24, 2.45) is 0 Å². The van der Waals surface area contributed by atoms with Crippen molar-refractivity contribution in [2.45, 2.75) is 30.9 Å². The van der Waals surface area contributed by atoms with E-state index in [1.165, 1.54) is 11.3 Å². The molecule has 120 valence electrons. The molecule has 0 spiro atoms. The summed E-state index contributed by atoms with van der Waals surface area (Å²) in [5.74, 6) is -0.460. The Morgan fingerprint density at radius 2 is 2.10 bits per heavy atom. The predicted molar refractivity (Wildman–Crippen MR) is 87.0 cm³/mol. The molecule has 0 bridgehead atoms. The van der Waals surface area contributed by atoms with Crippen LogP contribution in [-0.2, 0) is 21.1 Å². The highest BCUT2D eigenvalue weighted by Gasteiger charge is 2.48. The molecular weight excluding hydrogens is 334 g/mol. The first-order chi connectivity index (χ1) is 9.39. The summed E-state index contributed by atoms with van der Waals surface area (Å²) in [7, 11) is -3.48. The third kappa shape index (κ3) is 3.74. The van der Waals surface area contributed by atoms with Gasteiger partial charge in [-0.3, -0.25) is 4.79 Å². The van der Waals surface area contributed by atoms with Crippen molar-refractivity contribution >= 4 is 44.6 Å². The molecule has 1 aromatic rings. The van der Waals surface area contributed by atoms with E-state index in [1.807, 2.05) is 6.92 Å². The SMILES string of the molecule is CCc1cnc(NC(=O)C2(S(C)(=O)=O)CCNCC2)s1.Cl. The number of aryl methyl sites for hydroxylation is 1. The highest BCUT2D eigenvalue weighted by molar-refractivity contribution is 7.92. The van der Waals surface area contributed by atoms with Crippen LogP contribution < -0.4 is 10.6 Å². The van der Waals surface area contributed by atoms with Gasteiger partial charge in [-0.2, -0.15) is 0 Å². The predicted octanol–water partition coefficient (Wildman–Crippen LogP) is 1.23. The van der Waals surface area contributed by atoms with Crippen molar-refractivity contribution in [3.05, 3.63) is 11.1 Å². The van der Waals surface area contributed by atoms with Gasteiger partial charge in [0.2, 0.25) is 5.91 Å². The van der Waals surface area contributed by atoms with E-state index in [0.29, 0.717) is 31.1 Å². The van der Waals surface area contributed by atoms with Crippen molar-refractivity contribution in [2.75, 3.05) is 24.7 Å². The number of rotatable bonds is 4. The van der Waals surface area contributed by atoms with Gasteiger partial charge in [0.15, 0.2) is 19.7 Å². The molecule has 1 aliphatic rings. The van der Waals surface area contributed by atoms with Gasteiger partial charge >= 0.3 is 0 Å². The van der Waals surface area contributed by atoms with Crippen molar-refractivity contribution in [1.82, 2.24) is 10.3 Å². The van der Waals surface area contributed by atoms with E-state index >= 15 is 0 Å². The van der Waals surface area contributed by atoms with E-state index in [2.05, 4.69) is 15.6 Å². The second-order valence-corrected chi connectivity index (χ2v) is 8.40. The van der Waals surface area contributed by atoms with Gasteiger partial charge in [0, 0.05) is 17.3 Å². The number of anilines is 1. The molecule has 0 radical (unpaired) electrons. The number of nitrogens with one attached hydrogen (secondary N) is 2. The maximum absolute atomic E-state index is 12.5. The first-order valence-electron chi connectivity index (χ1n) is 6.55. The number of nitrogens with zero attached hydrogens (tertiary/aromatic N) is 1. The van der Waals surface area contributed by atoms with Crippen LogP contribution >= 0.6 is 23.7 Å². The maximum atomic E-state index is 12.5. The molecule has 9 heteroatoms. The fourth-order valence-electron chi connectivity index (χ4n) is 2.34. The molecule has 1 aromatic heterocycles. The number of carbonyl (C=O) groups is 1. The van der Waals surface area contributed by atoms with Gasteiger partial charge in [0.05, 0.1) is 0 Å². The Morgan fingerprint density at radius 1 is 1.48 bits per heavy atom. The average molecular weight is 354 g/mol. The lowest BCUT2D eigenvalue weighted by atomic mass is 9.96. The molecule has 0 saturated carbocycles. The minimum atomic E-state index is -3.48. The Morgan fingerprint density at radius 3 is 2.57 bits per heavy atom. The van der Waals surface area contributed by atoms with Gasteiger partial charge in [0.25, 0.3) is 0 Å². The van der Waals surface area contributed by atoms with Crippen molar-refractivity contribution < 1.29 is 13.2 Å². The summed E-state index contributed by atoms with van der Waals surface area (Å²) >= 11 is 1.38. The van der Waals surface area contributed by atoms with Crippen LogP contribution in [0.15, 0.2) is 6.20 Å². The molecule has 21 heavy (non-hydrogen) atoms. The number of aromatic nitrogens is 1. The van der Waals surface area contributed by atoms with Crippen LogP contribution in [0.2, 0.25) is 0 Å². The summed E-state index contributed by atoms with van der Waals surface area (Å²) in [6, 6.07) is 0. The molecule has 1 fully saturated rings. The zero-order valence-corrected chi connectivity index (χ0v) is 14.5. The Kier molecular flexibility index (Phi) is 6.15. The number of hydrogen-bond acceptors (Lipinski definition) is 6. The minimum Gasteiger partial charge on any atom is -0.317 e. The zero-order valence-electron chi connectivity index (χ0n) is 12.0. The number of piperidine rings is 1. The Labute approximate surface area is 135 Å². The van der Waals surface area contributed by atoms with Crippen molar-refractivity contribution in [3.63, 3.8) is 0 Å². The third-order valence-electron chi connectivity index (χ3n) is 3.66. The minimum absolute atomic E-state index is 0. The van der Waals surface area contributed by atoms with E-state index < -0.39 is 20.5 Å². The van der Waals surface area contributed by atoms with Crippen molar-refractivity contribution in [1.29, 1.82) is 0 Å². The Hall–Kier alpha value is -0.700. The van der Waals surface area contributed by atoms with Crippen LogP contribution in [0.3, 0.4) is 0 Å². The van der Waals surface area contributed by atoms with Gasteiger partial charge in [-0.15, -0.1) is 23.7 Å². The summed E-state index contributed by atoms with van der Waals surface area (Å²) in [4.78, 5) is 17.6. The van der Waals surface area contributed by atoms with Crippen molar-refractivity contribution in [3.8, 4) is 0 Å². The summed E-state index contributed by atoms with van der Waals surface area (Å²) < 4.78 is 22.9. The number of halogens is 1. The lowest BCUT2D eigenvalue weighted by Crippen LogP contribution is -2.55. The quantitative estimate of drug-likeness (QED) is 0.850. The molecular formula is C12H20ClN3O3S2. The van der Waals surface area contributed by atoms with Crippen LogP contribution in [-0.4, -0.2) is 43.4 Å². The smallest absolute Gasteiger partial charge is 0.247 e. The zero-order chi connectivity index (χ0) is 14.8. The van der Waals surface area contributed by atoms with E-state index in [1.54, 1.807) is 6.20 Å². The fourth-order valence-corrected chi connectivity index (χ4v) is 4.42. The summed E-state index contributed by atoms with van der Waals surface area (Å²) in [6.07, 6.45) is 4.27. The monoisotopic (exact) mass is 353 g/mol. The van der Waals surface area contributed by atoms with E-state index in [0.717, 1.165) is 17.6 Å². The summed E-state index contributed by atoms with van der Waals surface area (Å²) in [5.41, 5.74) is 0. The molecule has 1 amide bonds. The van der Waals surface area contributed by atoms with Gasteiger partial charge < -0.3 is 10.6 Å². The van der Waals surface area contributed by atoms with E-state index in [-0.39, 0.29) is 12.4 Å². The number of thiazole rings is 1. The molecule has 2 heterocycles. The highest BCUT2D eigenvalue weighted by Crippen LogP contribution is 2.30. The lowest BCUT2D eigenvalue weighted by Gasteiger charge is -2.33. The van der Waals surface area contributed by atoms with Crippen LogP contribution in [0.4, 0.5) is 5.13 Å². The Balaban J connectivity index is 0.00000220. The molecule has 1 aliphatic heterocycles. The van der Waals surface area contributed by atoms with Gasteiger partial charge in [-0.25, -0.2) is 13.4 Å². The Bertz CT molecular complexity index is 595. The van der Waals surface area contributed by atoms with E-state index in [4.69, 9.17) is 0 Å². The number of carbonyl (C=O) groups excluding carboxylic acids is 1. The van der Waals surface area contributed by atoms with Crippen LogP contribution in [0.25, 0.3) is 0 Å². The molecule has 0 aromatic carbocycles. The second-order valence-electron chi connectivity index (χ2n) is 4.96. The molecule has 6 nitrogen and oxygen atoms in total. The lowest BCUT2D eigenvalue weighted by molar-refractivity contribution is -0.119. The van der Waals surface area contributed by atoms with Gasteiger partial charge in [0.1, 0.15) is 0 Å². The number of sulfone groups is 1. The van der Waals surface area contributed by atoms with Crippen LogP contribution in [0, 0.1) is 0 Å². The normalized spacial score (nSPS) is 17.8.